The van der Waals surface area contributed by atoms with E-state index in [0.717, 1.165) is 15.8 Å². The lowest BCUT2D eigenvalue weighted by Gasteiger charge is -2.31. The number of nitrogens with zero attached hydrogens (tertiary/aromatic N) is 1. The highest BCUT2D eigenvalue weighted by Crippen LogP contribution is 2.25. The summed E-state index contributed by atoms with van der Waals surface area (Å²) in [4.78, 5) is 17.8. The minimum Gasteiger partial charge on any atom is -0.381 e. The lowest BCUT2D eigenvalue weighted by Crippen LogP contribution is -2.54. The van der Waals surface area contributed by atoms with Gasteiger partial charge in [0.25, 0.3) is 0 Å². The van der Waals surface area contributed by atoms with Gasteiger partial charge in [0.05, 0.1) is 0 Å². The van der Waals surface area contributed by atoms with Crippen molar-refractivity contribution in [2.24, 2.45) is 5.73 Å². The fourth-order valence-electron chi connectivity index (χ4n) is 2.48. The largest absolute Gasteiger partial charge is 0.381 e. The van der Waals surface area contributed by atoms with Crippen LogP contribution in [0.1, 0.15) is 23.3 Å². The fourth-order valence-corrected chi connectivity index (χ4v) is 3.77. The maximum atomic E-state index is 12.4. The van der Waals surface area contributed by atoms with E-state index in [0.29, 0.717) is 31.2 Å². The zero-order valence-electron chi connectivity index (χ0n) is 12.5. The minimum absolute atomic E-state index is 0.177. The first-order chi connectivity index (χ1) is 11.0. The Morgan fingerprint density at radius 1 is 1.43 bits per heavy atom. The zero-order chi connectivity index (χ0) is 16.3. The summed E-state index contributed by atoms with van der Waals surface area (Å²) in [5.74, 6) is -0.177. The molecule has 0 atom stereocenters. The molecule has 0 spiro atoms. The van der Waals surface area contributed by atoms with Crippen LogP contribution in [-0.4, -0.2) is 29.6 Å². The van der Waals surface area contributed by atoms with Gasteiger partial charge in [0, 0.05) is 35.2 Å². The van der Waals surface area contributed by atoms with E-state index in [9.17, 15) is 4.79 Å². The Kier molecular flexibility index (Phi) is 5.11. The van der Waals surface area contributed by atoms with Gasteiger partial charge in [-0.05, 0) is 30.5 Å². The summed E-state index contributed by atoms with van der Waals surface area (Å²) in [6.07, 6.45) is 3.66. The van der Waals surface area contributed by atoms with Crippen molar-refractivity contribution in [2.75, 3.05) is 18.5 Å². The second kappa shape index (κ2) is 7.09. The molecule has 1 aromatic heterocycles. The average molecular weight is 396 g/mol. The number of aromatic nitrogens is 1. The van der Waals surface area contributed by atoms with Gasteiger partial charge in [0.1, 0.15) is 5.54 Å². The van der Waals surface area contributed by atoms with Gasteiger partial charge in [0.2, 0.25) is 5.91 Å². The standard InChI is InChI=1S/C16H18BrN3O2S/c17-12-3-1-2-11(8-12)9-13-10-19-15(23-13)20-14(21)16(18)4-6-22-7-5-16/h1-3,8,10H,4-7,9,18H2,(H,19,20,21). The highest BCUT2D eigenvalue weighted by Gasteiger charge is 2.36. The molecule has 0 radical (unpaired) electrons. The van der Waals surface area contributed by atoms with Gasteiger partial charge in [-0.25, -0.2) is 4.98 Å². The van der Waals surface area contributed by atoms with Gasteiger partial charge in [-0.15, -0.1) is 11.3 Å². The molecule has 2 heterocycles. The van der Waals surface area contributed by atoms with Gasteiger partial charge in [-0.2, -0.15) is 0 Å². The Balaban J connectivity index is 1.64. The van der Waals surface area contributed by atoms with Crippen molar-refractivity contribution in [1.82, 2.24) is 4.98 Å². The fraction of sp³-hybridized carbons (Fsp3) is 0.375. The van der Waals surface area contributed by atoms with Gasteiger partial charge in [-0.3, -0.25) is 4.79 Å². The van der Waals surface area contributed by atoms with Crippen LogP contribution in [0.5, 0.6) is 0 Å². The van der Waals surface area contributed by atoms with E-state index >= 15 is 0 Å². The van der Waals surface area contributed by atoms with E-state index in [-0.39, 0.29) is 5.91 Å². The summed E-state index contributed by atoms with van der Waals surface area (Å²) in [6, 6.07) is 8.15. The van der Waals surface area contributed by atoms with Crippen molar-refractivity contribution in [3.63, 3.8) is 0 Å². The first kappa shape index (κ1) is 16.6. The third-order valence-electron chi connectivity index (χ3n) is 3.88. The van der Waals surface area contributed by atoms with Crippen LogP contribution < -0.4 is 11.1 Å². The molecule has 1 amide bonds. The molecule has 1 aromatic carbocycles. The van der Waals surface area contributed by atoms with Crippen LogP contribution in [0.15, 0.2) is 34.9 Å². The van der Waals surface area contributed by atoms with Crippen LogP contribution in [0.25, 0.3) is 0 Å². The number of amides is 1. The third-order valence-corrected chi connectivity index (χ3v) is 5.28. The number of halogens is 1. The molecular weight excluding hydrogens is 378 g/mol. The summed E-state index contributed by atoms with van der Waals surface area (Å²) in [7, 11) is 0. The molecule has 1 aliphatic rings. The highest BCUT2D eigenvalue weighted by molar-refractivity contribution is 9.10. The first-order valence-electron chi connectivity index (χ1n) is 7.42. The number of carbonyl (C=O) groups excluding carboxylic acids is 1. The lowest BCUT2D eigenvalue weighted by molar-refractivity contribution is -0.124. The number of nitrogens with one attached hydrogen (secondary N) is 1. The molecule has 3 N–H and O–H groups in total. The molecule has 1 fully saturated rings. The van der Waals surface area contributed by atoms with Crippen molar-refractivity contribution in [3.8, 4) is 0 Å². The van der Waals surface area contributed by atoms with Gasteiger partial charge in [0.15, 0.2) is 5.13 Å². The number of ether oxygens (including phenoxy) is 1. The van der Waals surface area contributed by atoms with Crippen molar-refractivity contribution in [2.45, 2.75) is 24.8 Å². The summed E-state index contributed by atoms with van der Waals surface area (Å²) >= 11 is 4.95. The van der Waals surface area contributed by atoms with Crippen molar-refractivity contribution in [1.29, 1.82) is 0 Å². The summed E-state index contributed by atoms with van der Waals surface area (Å²) in [5.41, 5.74) is 6.52. The molecular formula is C16H18BrN3O2S. The first-order valence-corrected chi connectivity index (χ1v) is 9.03. The number of anilines is 1. The predicted molar refractivity (Wildman–Crippen MR) is 94.7 cm³/mol. The number of hydrogen-bond acceptors (Lipinski definition) is 5. The van der Waals surface area contributed by atoms with Crippen LogP contribution >= 0.6 is 27.3 Å². The number of rotatable bonds is 4. The maximum Gasteiger partial charge on any atom is 0.246 e. The SMILES string of the molecule is NC1(C(=O)Nc2ncc(Cc3cccc(Br)c3)s2)CCOCC1. The van der Waals surface area contributed by atoms with E-state index < -0.39 is 5.54 Å². The van der Waals surface area contributed by atoms with Crippen LogP contribution in [0, 0.1) is 0 Å². The molecule has 0 saturated carbocycles. The van der Waals surface area contributed by atoms with Crippen molar-refractivity contribution in [3.05, 3.63) is 45.4 Å². The zero-order valence-corrected chi connectivity index (χ0v) is 15.0. The smallest absolute Gasteiger partial charge is 0.246 e. The Hall–Kier alpha value is -1.28. The van der Waals surface area contributed by atoms with E-state index in [1.165, 1.54) is 16.9 Å². The summed E-state index contributed by atoms with van der Waals surface area (Å²) < 4.78 is 6.32. The van der Waals surface area contributed by atoms with Crippen LogP contribution in [0.3, 0.4) is 0 Å². The van der Waals surface area contributed by atoms with Crippen LogP contribution in [0.4, 0.5) is 5.13 Å². The number of nitrogens with two attached hydrogens (primary N) is 1. The van der Waals surface area contributed by atoms with Crippen LogP contribution in [0.2, 0.25) is 0 Å². The van der Waals surface area contributed by atoms with Crippen molar-refractivity contribution < 1.29 is 9.53 Å². The normalized spacial score (nSPS) is 17.0. The van der Waals surface area contributed by atoms with Gasteiger partial charge in [-0.1, -0.05) is 28.1 Å². The predicted octanol–water partition coefficient (Wildman–Crippen LogP) is 2.94. The molecule has 3 rings (SSSR count). The molecule has 5 nitrogen and oxygen atoms in total. The molecule has 122 valence electrons. The van der Waals surface area contributed by atoms with Gasteiger partial charge >= 0.3 is 0 Å². The molecule has 0 bridgehead atoms. The number of carbonyl (C=O) groups is 1. The van der Waals surface area contributed by atoms with Crippen LogP contribution in [-0.2, 0) is 16.0 Å². The number of benzene rings is 1. The topological polar surface area (TPSA) is 77.2 Å². The Bertz CT molecular complexity index is 698. The number of hydrogen-bond donors (Lipinski definition) is 2. The minimum atomic E-state index is -0.853. The Labute approximate surface area is 147 Å². The molecule has 0 unspecified atom stereocenters. The summed E-state index contributed by atoms with van der Waals surface area (Å²) in [5, 5.41) is 3.44. The second-order valence-electron chi connectivity index (χ2n) is 5.66. The molecule has 2 aromatic rings. The van der Waals surface area contributed by atoms with E-state index in [1.54, 1.807) is 6.20 Å². The summed E-state index contributed by atoms with van der Waals surface area (Å²) in [6.45, 7) is 1.05. The molecule has 1 aliphatic heterocycles. The molecule has 7 heteroatoms. The Morgan fingerprint density at radius 3 is 2.96 bits per heavy atom. The third kappa shape index (κ3) is 4.17. The van der Waals surface area contributed by atoms with E-state index in [1.807, 2.05) is 12.1 Å². The van der Waals surface area contributed by atoms with Crippen molar-refractivity contribution >= 4 is 38.3 Å². The Morgan fingerprint density at radius 2 is 2.22 bits per heavy atom. The quantitative estimate of drug-likeness (QED) is 0.833. The monoisotopic (exact) mass is 395 g/mol. The average Bonchev–Trinajstić information content (AvgIpc) is 2.95. The lowest BCUT2D eigenvalue weighted by atomic mass is 9.90. The van der Waals surface area contributed by atoms with E-state index in [4.69, 9.17) is 10.5 Å². The maximum absolute atomic E-state index is 12.4. The second-order valence-corrected chi connectivity index (χ2v) is 7.69. The molecule has 0 aliphatic carbocycles. The molecule has 23 heavy (non-hydrogen) atoms. The van der Waals surface area contributed by atoms with E-state index in [2.05, 4.69) is 38.4 Å². The highest BCUT2D eigenvalue weighted by atomic mass is 79.9. The number of thiazole rings is 1. The molecule has 1 saturated heterocycles. The van der Waals surface area contributed by atoms with Gasteiger partial charge < -0.3 is 15.8 Å².